The van der Waals surface area contributed by atoms with Gasteiger partial charge in [0.15, 0.2) is 17.5 Å². The van der Waals surface area contributed by atoms with Crippen LogP contribution in [-0.4, -0.2) is 4.57 Å². The van der Waals surface area contributed by atoms with Crippen LogP contribution in [0.5, 0.6) is 0 Å². The number of benzene rings is 2. The summed E-state index contributed by atoms with van der Waals surface area (Å²) in [6.07, 6.45) is 1.91. The van der Waals surface area contributed by atoms with E-state index in [4.69, 9.17) is 0 Å². The fourth-order valence-electron chi connectivity index (χ4n) is 3.09. The number of hydrogen-bond acceptors (Lipinski definition) is 1. The molecule has 5 heteroatoms. The van der Waals surface area contributed by atoms with Crippen LogP contribution in [0.4, 0.5) is 13.2 Å². The molecule has 0 saturated heterocycles. The third kappa shape index (κ3) is 2.24. The molecule has 3 aromatic rings. The van der Waals surface area contributed by atoms with Crippen molar-refractivity contribution in [3.8, 4) is 5.69 Å². The Balaban J connectivity index is 1.87. The number of aromatic nitrogens is 1. The second-order valence-corrected chi connectivity index (χ2v) is 5.54. The van der Waals surface area contributed by atoms with Gasteiger partial charge < -0.3 is 9.88 Å². The molecule has 0 amide bonds. The van der Waals surface area contributed by atoms with Crippen LogP contribution in [0.25, 0.3) is 5.69 Å². The molecule has 1 aromatic heterocycles. The standard InChI is InChI=1S/C18H13F3N2/c19-13-8-12(9-14(20)17(13)21)18-16-6-3-7-23(16)15-5-2-1-4-11(15)10-22-18/h1-9,18,22H,10H2. The zero-order valence-corrected chi connectivity index (χ0v) is 12.1. The highest BCUT2D eigenvalue weighted by Gasteiger charge is 2.24. The lowest BCUT2D eigenvalue weighted by Crippen LogP contribution is -2.21. The molecule has 2 heterocycles. The van der Waals surface area contributed by atoms with Crippen LogP contribution in [0.15, 0.2) is 54.7 Å². The summed E-state index contributed by atoms with van der Waals surface area (Å²) in [6, 6.07) is 13.3. The number of rotatable bonds is 1. The Labute approximate surface area is 131 Å². The lowest BCUT2D eigenvalue weighted by molar-refractivity contribution is 0.442. The van der Waals surface area contributed by atoms with Crippen LogP contribution in [0.2, 0.25) is 0 Å². The van der Waals surface area contributed by atoms with E-state index in [2.05, 4.69) is 5.32 Å². The summed E-state index contributed by atoms with van der Waals surface area (Å²) in [5.74, 6) is -3.80. The Hall–Kier alpha value is -2.53. The van der Waals surface area contributed by atoms with Gasteiger partial charge in [0, 0.05) is 24.1 Å². The topological polar surface area (TPSA) is 17.0 Å². The number of nitrogens with one attached hydrogen (secondary N) is 1. The van der Waals surface area contributed by atoms with Gasteiger partial charge in [-0.05, 0) is 41.5 Å². The van der Waals surface area contributed by atoms with Gasteiger partial charge in [0.05, 0.1) is 6.04 Å². The fraction of sp³-hybridized carbons (Fsp3) is 0.111. The summed E-state index contributed by atoms with van der Waals surface area (Å²) in [5, 5.41) is 3.29. The maximum atomic E-state index is 13.6. The predicted octanol–water partition coefficient (Wildman–Crippen LogP) is 4.09. The zero-order chi connectivity index (χ0) is 16.0. The summed E-state index contributed by atoms with van der Waals surface area (Å²) in [7, 11) is 0. The second-order valence-electron chi connectivity index (χ2n) is 5.54. The molecule has 0 spiro atoms. The molecular formula is C18H13F3N2. The highest BCUT2D eigenvalue weighted by molar-refractivity contribution is 5.46. The van der Waals surface area contributed by atoms with Crippen LogP contribution < -0.4 is 5.32 Å². The van der Waals surface area contributed by atoms with E-state index in [1.807, 2.05) is 47.2 Å². The monoisotopic (exact) mass is 314 g/mol. The van der Waals surface area contributed by atoms with E-state index in [0.29, 0.717) is 12.1 Å². The Morgan fingerprint density at radius 2 is 1.70 bits per heavy atom. The Morgan fingerprint density at radius 3 is 2.48 bits per heavy atom. The fourth-order valence-corrected chi connectivity index (χ4v) is 3.09. The van der Waals surface area contributed by atoms with Gasteiger partial charge in [-0.3, -0.25) is 0 Å². The van der Waals surface area contributed by atoms with E-state index < -0.39 is 23.5 Å². The molecule has 1 unspecified atom stereocenters. The zero-order valence-electron chi connectivity index (χ0n) is 12.1. The highest BCUT2D eigenvalue weighted by atomic mass is 19.2. The second kappa shape index (κ2) is 5.28. The lowest BCUT2D eigenvalue weighted by atomic mass is 10.0. The SMILES string of the molecule is Fc1cc(C2NCc3ccccc3-n3cccc32)cc(F)c1F. The third-order valence-electron chi connectivity index (χ3n) is 4.16. The van der Waals surface area contributed by atoms with E-state index in [9.17, 15) is 13.2 Å². The molecule has 1 atom stereocenters. The predicted molar refractivity (Wildman–Crippen MR) is 80.8 cm³/mol. The first-order valence-electron chi connectivity index (χ1n) is 7.28. The molecule has 4 rings (SSSR count). The molecule has 2 nitrogen and oxygen atoms in total. The van der Waals surface area contributed by atoms with Crippen molar-refractivity contribution < 1.29 is 13.2 Å². The van der Waals surface area contributed by atoms with Crippen molar-refractivity contribution in [2.75, 3.05) is 0 Å². The van der Waals surface area contributed by atoms with Gasteiger partial charge in [-0.1, -0.05) is 18.2 Å². The maximum absolute atomic E-state index is 13.6. The highest BCUT2D eigenvalue weighted by Crippen LogP contribution is 2.31. The van der Waals surface area contributed by atoms with Gasteiger partial charge in [-0.25, -0.2) is 13.2 Å². The molecule has 0 radical (unpaired) electrons. The summed E-state index contributed by atoms with van der Waals surface area (Å²) in [5.41, 5.74) is 3.30. The van der Waals surface area contributed by atoms with E-state index in [0.717, 1.165) is 29.1 Å². The molecule has 1 aliphatic rings. The van der Waals surface area contributed by atoms with E-state index >= 15 is 0 Å². The molecule has 116 valence electrons. The molecule has 0 saturated carbocycles. The van der Waals surface area contributed by atoms with Crippen molar-refractivity contribution in [1.29, 1.82) is 0 Å². The summed E-state index contributed by atoms with van der Waals surface area (Å²) >= 11 is 0. The number of para-hydroxylation sites is 1. The smallest absolute Gasteiger partial charge is 0.194 e. The lowest BCUT2D eigenvalue weighted by Gasteiger charge is -2.18. The van der Waals surface area contributed by atoms with Gasteiger partial charge in [0.2, 0.25) is 0 Å². The van der Waals surface area contributed by atoms with Crippen LogP contribution >= 0.6 is 0 Å². The molecule has 23 heavy (non-hydrogen) atoms. The Bertz CT molecular complexity index is 862. The van der Waals surface area contributed by atoms with Crippen molar-refractivity contribution in [3.63, 3.8) is 0 Å². The normalized spacial score (nSPS) is 16.6. The maximum Gasteiger partial charge on any atom is 0.194 e. The minimum atomic E-state index is -1.44. The average Bonchev–Trinajstić information content (AvgIpc) is 2.96. The van der Waals surface area contributed by atoms with E-state index in [-0.39, 0.29) is 0 Å². The Kier molecular flexibility index (Phi) is 3.23. The molecule has 1 aliphatic heterocycles. The first-order valence-corrected chi connectivity index (χ1v) is 7.28. The van der Waals surface area contributed by atoms with Crippen molar-refractivity contribution in [2.45, 2.75) is 12.6 Å². The van der Waals surface area contributed by atoms with Crippen LogP contribution in [0.3, 0.4) is 0 Å². The van der Waals surface area contributed by atoms with Crippen LogP contribution in [0, 0.1) is 17.5 Å². The number of nitrogens with zero attached hydrogens (tertiary/aromatic N) is 1. The minimum Gasteiger partial charge on any atom is -0.319 e. The molecule has 2 aromatic carbocycles. The van der Waals surface area contributed by atoms with Crippen molar-refractivity contribution in [3.05, 3.63) is 89.0 Å². The van der Waals surface area contributed by atoms with Crippen LogP contribution in [-0.2, 0) is 6.54 Å². The molecular weight excluding hydrogens is 301 g/mol. The van der Waals surface area contributed by atoms with Crippen molar-refractivity contribution in [2.24, 2.45) is 0 Å². The van der Waals surface area contributed by atoms with Gasteiger partial charge >= 0.3 is 0 Å². The average molecular weight is 314 g/mol. The quantitative estimate of drug-likeness (QED) is 0.670. The number of halogens is 3. The molecule has 0 aliphatic carbocycles. The summed E-state index contributed by atoms with van der Waals surface area (Å²) in [6.45, 7) is 0.545. The van der Waals surface area contributed by atoms with Crippen molar-refractivity contribution in [1.82, 2.24) is 9.88 Å². The van der Waals surface area contributed by atoms with E-state index in [1.54, 1.807) is 0 Å². The van der Waals surface area contributed by atoms with Crippen LogP contribution in [0.1, 0.15) is 22.9 Å². The van der Waals surface area contributed by atoms with Crippen molar-refractivity contribution >= 4 is 0 Å². The summed E-state index contributed by atoms with van der Waals surface area (Å²) < 4.78 is 42.4. The van der Waals surface area contributed by atoms with Gasteiger partial charge in [0.25, 0.3) is 0 Å². The first kappa shape index (κ1) is 14.1. The van der Waals surface area contributed by atoms with Gasteiger partial charge in [0.1, 0.15) is 0 Å². The molecule has 0 bridgehead atoms. The minimum absolute atomic E-state index is 0.356. The summed E-state index contributed by atoms with van der Waals surface area (Å²) in [4.78, 5) is 0. The molecule has 1 N–H and O–H groups in total. The molecule has 0 fully saturated rings. The van der Waals surface area contributed by atoms with E-state index in [1.165, 1.54) is 0 Å². The number of fused-ring (bicyclic) bond motifs is 3. The van der Waals surface area contributed by atoms with Gasteiger partial charge in [-0.2, -0.15) is 0 Å². The largest absolute Gasteiger partial charge is 0.319 e. The Morgan fingerprint density at radius 1 is 0.957 bits per heavy atom. The number of hydrogen-bond donors (Lipinski definition) is 1. The first-order chi connectivity index (χ1) is 11.1. The third-order valence-corrected chi connectivity index (χ3v) is 4.16. The van der Waals surface area contributed by atoms with Gasteiger partial charge in [-0.15, -0.1) is 0 Å².